The summed E-state index contributed by atoms with van der Waals surface area (Å²) >= 11 is 0. The molecule has 0 fully saturated rings. The number of benzene rings is 1. The Morgan fingerprint density at radius 2 is 1.89 bits per heavy atom. The van der Waals surface area contributed by atoms with Crippen LogP contribution >= 0.6 is 0 Å². The average molecular weight is 282 g/mol. The molecular weight excluding hydrogens is 260 g/mol. The number of nitrogen functional groups attached to an aromatic ring is 1. The van der Waals surface area contributed by atoms with Crippen molar-refractivity contribution in [2.24, 2.45) is 0 Å². The van der Waals surface area contributed by atoms with E-state index in [1.165, 1.54) is 0 Å². The van der Waals surface area contributed by atoms with Crippen LogP contribution in [0.1, 0.15) is 34.1 Å². The molecule has 0 aliphatic carbocycles. The van der Waals surface area contributed by atoms with Crippen LogP contribution in [0.3, 0.4) is 0 Å². The first-order valence-corrected chi connectivity index (χ1v) is 7.56. The summed E-state index contributed by atoms with van der Waals surface area (Å²) in [6.45, 7) is 7.57. The fourth-order valence-corrected chi connectivity index (χ4v) is 2.49. The molecule has 0 saturated heterocycles. The van der Waals surface area contributed by atoms with Crippen LogP contribution in [0.15, 0.2) is 29.2 Å². The molecule has 2 atom stereocenters. The molecule has 0 aromatic heterocycles. The molecule has 5 heteroatoms. The largest absolute Gasteiger partial charge is 0.399 e. The van der Waals surface area contributed by atoms with E-state index in [1.54, 1.807) is 31.2 Å². The molecule has 106 valence electrons. The van der Waals surface area contributed by atoms with Gasteiger partial charge in [-0.3, -0.25) is 9.00 Å². The van der Waals surface area contributed by atoms with Crippen LogP contribution in [-0.2, 0) is 15.6 Å². The Morgan fingerprint density at radius 3 is 2.37 bits per heavy atom. The number of carbonyl (C=O) groups excluding carboxylic acids is 1. The van der Waals surface area contributed by atoms with Crippen molar-refractivity contribution in [2.45, 2.75) is 49.8 Å². The van der Waals surface area contributed by atoms with Gasteiger partial charge in [0.05, 0.1) is 10.8 Å². The van der Waals surface area contributed by atoms with Gasteiger partial charge in [0.15, 0.2) is 0 Å². The van der Waals surface area contributed by atoms with Crippen LogP contribution in [0.2, 0.25) is 0 Å². The highest BCUT2D eigenvalue weighted by Crippen LogP contribution is 2.15. The molecule has 0 saturated carbocycles. The third kappa shape index (κ3) is 4.35. The van der Waals surface area contributed by atoms with E-state index >= 15 is 0 Å². The van der Waals surface area contributed by atoms with Crippen LogP contribution in [0.5, 0.6) is 0 Å². The molecule has 0 bridgehead atoms. The van der Waals surface area contributed by atoms with Crippen molar-refractivity contribution in [2.75, 3.05) is 5.73 Å². The maximum atomic E-state index is 12.3. The van der Waals surface area contributed by atoms with E-state index in [-0.39, 0.29) is 11.4 Å². The maximum Gasteiger partial charge on any atom is 0.236 e. The summed E-state index contributed by atoms with van der Waals surface area (Å²) in [4.78, 5) is 12.7. The smallest absolute Gasteiger partial charge is 0.236 e. The van der Waals surface area contributed by atoms with Crippen LogP contribution in [0, 0.1) is 0 Å². The third-order valence-corrected chi connectivity index (χ3v) is 4.74. The molecule has 1 aromatic carbocycles. The number of hydrogen-bond donors (Lipinski definition) is 2. The average Bonchev–Trinajstić information content (AvgIpc) is 2.37. The van der Waals surface area contributed by atoms with E-state index in [0.29, 0.717) is 10.6 Å². The lowest BCUT2D eigenvalue weighted by atomic mass is 10.0. The molecule has 3 N–H and O–H groups in total. The van der Waals surface area contributed by atoms with E-state index in [9.17, 15) is 9.00 Å². The lowest BCUT2D eigenvalue weighted by molar-refractivity contribution is -0.121. The Bertz CT molecular complexity index is 469. The number of anilines is 1. The van der Waals surface area contributed by atoms with Crippen molar-refractivity contribution in [3.63, 3.8) is 0 Å². The Balaban J connectivity index is 2.77. The second kappa shape index (κ2) is 6.19. The predicted molar refractivity (Wildman–Crippen MR) is 79.2 cm³/mol. The third-order valence-electron chi connectivity index (χ3n) is 3.15. The van der Waals surface area contributed by atoms with Crippen molar-refractivity contribution in [1.82, 2.24) is 5.32 Å². The monoisotopic (exact) mass is 282 g/mol. The summed E-state index contributed by atoms with van der Waals surface area (Å²) < 4.78 is 12.3. The minimum absolute atomic E-state index is 0.193. The highest BCUT2D eigenvalue weighted by Gasteiger charge is 2.26. The first kappa shape index (κ1) is 15.7. The van der Waals surface area contributed by atoms with Gasteiger partial charge in [-0.25, -0.2) is 0 Å². The number of amides is 1. The lowest BCUT2D eigenvalue weighted by Crippen LogP contribution is -2.47. The molecule has 0 aliphatic heterocycles. The zero-order valence-corrected chi connectivity index (χ0v) is 12.7. The minimum atomic E-state index is -1.37. The first-order valence-electron chi connectivity index (χ1n) is 6.35. The van der Waals surface area contributed by atoms with E-state index in [1.807, 2.05) is 20.8 Å². The molecule has 0 aliphatic rings. The molecule has 2 unspecified atom stereocenters. The Morgan fingerprint density at radius 1 is 1.37 bits per heavy atom. The topological polar surface area (TPSA) is 72.2 Å². The SMILES string of the molecule is CCC(C)(C)NC(=O)C(C)S(=O)c1ccc(N)cc1. The highest BCUT2D eigenvalue weighted by atomic mass is 32.2. The van der Waals surface area contributed by atoms with Crippen LogP contribution in [0.4, 0.5) is 5.69 Å². The van der Waals surface area contributed by atoms with Crippen molar-refractivity contribution in [3.8, 4) is 0 Å². The summed E-state index contributed by atoms with van der Waals surface area (Å²) in [5, 5.41) is 2.32. The highest BCUT2D eigenvalue weighted by molar-refractivity contribution is 7.86. The Labute approximate surface area is 117 Å². The van der Waals surface area contributed by atoms with Crippen molar-refractivity contribution in [1.29, 1.82) is 0 Å². The second-order valence-electron chi connectivity index (χ2n) is 5.24. The van der Waals surface area contributed by atoms with Gasteiger partial charge in [0, 0.05) is 16.1 Å². The zero-order valence-electron chi connectivity index (χ0n) is 11.9. The molecule has 1 aromatic rings. The summed E-state index contributed by atoms with van der Waals surface area (Å²) in [7, 11) is -1.37. The molecular formula is C14H22N2O2S. The molecule has 19 heavy (non-hydrogen) atoms. The predicted octanol–water partition coefficient (Wildman–Crippen LogP) is 2.07. The maximum absolute atomic E-state index is 12.3. The van der Waals surface area contributed by atoms with Gasteiger partial charge in [-0.2, -0.15) is 0 Å². The van der Waals surface area contributed by atoms with E-state index < -0.39 is 16.0 Å². The molecule has 4 nitrogen and oxygen atoms in total. The normalized spacial score (nSPS) is 14.7. The van der Waals surface area contributed by atoms with E-state index in [0.717, 1.165) is 6.42 Å². The van der Waals surface area contributed by atoms with Gasteiger partial charge in [-0.15, -0.1) is 0 Å². The van der Waals surface area contributed by atoms with Gasteiger partial charge < -0.3 is 11.1 Å². The molecule has 1 rings (SSSR count). The molecule has 0 spiro atoms. The number of rotatable bonds is 5. The summed E-state index contributed by atoms with van der Waals surface area (Å²) in [6, 6.07) is 6.77. The number of carbonyl (C=O) groups is 1. The van der Waals surface area contributed by atoms with Gasteiger partial charge in [0.2, 0.25) is 5.91 Å². The van der Waals surface area contributed by atoms with E-state index in [4.69, 9.17) is 5.73 Å². The minimum Gasteiger partial charge on any atom is -0.399 e. The Hall–Kier alpha value is -1.36. The standard InChI is InChI=1S/C14H22N2O2S/c1-5-14(3,4)16-13(17)10(2)19(18)12-8-6-11(15)7-9-12/h6-10H,5,15H2,1-4H3,(H,16,17). The van der Waals surface area contributed by atoms with Gasteiger partial charge in [0.25, 0.3) is 0 Å². The first-order chi connectivity index (χ1) is 8.76. The van der Waals surface area contributed by atoms with Gasteiger partial charge in [0.1, 0.15) is 5.25 Å². The van der Waals surface area contributed by atoms with Crippen molar-refractivity contribution < 1.29 is 9.00 Å². The fourth-order valence-electron chi connectivity index (χ4n) is 1.43. The molecule has 0 heterocycles. The van der Waals surface area contributed by atoms with Crippen molar-refractivity contribution >= 4 is 22.4 Å². The van der Waals surface area contributed by atoms with Crippen LogP contribution < -0.4 is 11.1 Å². The number of nitrogens with two attached hydrogens (primary N) is 1. The van der Waals surface area contributed by atoms with Crippen LogP contribution in [0.25, 0.3) is 0 Å². The number of nitrogens with one attached hydrogen (secondary N) is 1. The summed E-state index contributed by atoms with van der Waals surface area (Å²) in [5.41, 5.74) is 5.92. The zero-order chi connectivity index (χ0) is 14.6. The summed E-state index contributed by atoms with van der Waals surface area (Å²) in [5.74, 6) is -0.193. The fraction of sp³-hybridized carbons (Fsp3) is 0.500. The van der Waals surface area contributed by atoms with Crippen LogP contribution in [-0.4, -0.2) is 20.9 Å². The second-order valence-corrected chi connectivity index (χ2v) is 7.01. The lowest BCUT2D eigenvalue weighted by Gasteiger charge is -2.26. The quantitative estimate of drug-likeness (QED) is 0.812. The van der Waals surface area contributed by atoms with Gasteiger partial charge in [-0.05, 0) is 51.5 Å². The van der Waals surface area contributed by atoms with Gasteiger partial charge >= 0.3 is 0 Å². The molecule has 1 amide bonds. The Kier molecular flexibility index (Phi) is 5.11. The molecule has 0 radical (unpaired) electrons. The number of hydrogen-bond acceptors (Lipinski definition) is 3. The van der Waals surface area contributed by atoms with Crippen molar-refractivity contribution in [3.05, 3.63) is 24.3 Å². The van der Waals surface area contributed by atoms with E-state index in [2.05, 4.69) is 5.32 Å². The summed E-state index contributed by atoms with van der Waals surface area (Å²) in [6.07, 6.45) is 0.819. The van der Waals surface area contributed by atoms with Gasteiger partial charge in [-0.1, -0.05) is 6.92 Å².